The van der Waals surface area contributed by atoms with E-state index in [-0.39, 0.29) is 5.48 Å². The summed E-state index contributed by atoms with van der Waals surface area (Å²) in [5, 5.41) is 0. The Balaban J connectivity index is 0. The predicted molar refractivity (Wildman–Crippen MR) is 26.4 cm³/mol. The van der Waals surface area contributed by atoms with Crippen molar-refractivity contribution >= 4 is 10.4 Å². The summed E-state index contributed by atoms with van der Waals surface area (Å²) in [6, 6.07) is 0. The molecule has 0 spiro atoms. The largest absolute Gasteiger partial charge is 0.445 e. The van der Waals surface area contributed by atoms with Crippen LogP contribution in [0.2, 0.25) is 0 Å². The standard InChI is InChI=1S/C2H4O4S.H2O/c1-2-6-7(3,4)5;/h2H,1H2,(H,3,4,5);1H2. The van der Waals surface area contributed by atoms with Crippen LogP contribution in [0.15, 0.2) is 12.8 Å². The van der Waals surface area contributed by atoms with E-state index >= 15 is 0 Å². The fourth-order valence-corrected chi connectivity index (χ4v) is 0.258. The second-order valence-electron chi connectivity index (χ2n) is 0.691. The van der Waals surface area contributed by atoms with Crippen molar-refractivity contribution in [3.63, 3.8) is 0 Å². The van der Waals surface area contributed by atoms with Crippen molar-refractivity contribution in [3.8, 4) is 0 Å². The Morgan fingerprint density at radius 2 is 2.00 bits per heavy atom. The molecule has 0 heterocycles. The summed E-state index contributed by atoms with van der Waals surface area (Å²) in [5.74, 6) is 0. The third kappa shape index (κ3) is 9.05. The average molecular weight is 142 g/mol. The van der Waals surface area contributed by atoms with Gasteiger partial charge in [0.25, 0.3) is 0 Å². The van der Waals surface area contributed by atoms with Crippen molar-refractivity contribution in [2.24, 2.45) is 0 Å². The lowest BCUT2D eigenvalue weighted by atomic mass is 11.2. The Morgan fingerprint density at radius 1 is 1.62 bits per heavy atom. The van der Waals surface area contributed by atoms with Crippen molar-refractivity contribution in [3.05, 3.63) is 12.8 Å². The first-order valence-electron chi connectivity index (χ1n) is 1.33. The number of hydrogen-bond donors (Lipinski definition) is 1. The Labute approximate surface area is 46.8 Å². The fourth-order valence-electron chi connectivity index (χ4n) is 0.0860. The third-order valence-electron chi connectivity index (χ3n) is 0.190. The highest BCUT2D eigenvalue weighted by molar-refractivity contribution is 7.81. The molecule has 0 aliphatic rings. The predicted octanol–water partition coefficient (Wildman–Crippen LogP) is -0.875. The van der Waals surface area contributed by atoms with Crippen LogP contribution in [-0.2, 0) is 14.6 Å². The molecule has 0 fully saturated rings. The van der Waals surface area contributed by atoms with E-state index in [9.17, 15) is 8.42 Å². The van der Waals surface area contributed by atoms with Crippen molar-refractivity contribution in [2.45, 2.75) is 0 Å². The SMILES string of the molecule is C=COS(=O)(=O)O.O. The van der Waals surface area contributed by atoms with Crippen LogP contribution in [-0.4, -0.2) is 18.4 Å². The van der Waals surface area contributed by atoms with Crippen molar-refractivity contribution in [1.82, 2.24) is 0 Å². The summed E-state index contributed by atoms with van der Waals surface area (Å²) in [7, 11) is -4.29. The van der Waals surface area contributed by atoms with E-state index in [1.54, 1.807) is 0 Å². The molecule has 0 aliphatic heterocycles. The van der Waals surface area contributed by atoms with Gasteiger partial charge in [0.2, 0.25) is 0 Å². The lowest BCUT2D eigenvalue weighted by Crippen LogP contribution is -1.96. The normalized spacial score (nSPS) is 9.12. The van der Waals surface area contributed by atoms with Gasteiger partial charge < -0.3 is 9.66 Å². The Hall–Kier alpha value is -0.590. The Morgan fingerprint density at radius 3 is 2.00 bits per heavy atom. The minimum absolute atomic E-state index is 0. The average Bonchev–Trinajstić information content (AvgIpc) is 1.30. The molecular weight excluding hydrogens is 136 g/mol. The van der Waals surface area contributed by atoms with Gasteiger partial charge in [-0.05, 0) is 0 Å². The van der Waals surface area contributed by atoms with Crippen molar-refractivity contribution in [2.75, 3.05) is 0 Å². The molecule has 50 valence electrons. The molecule has 5 nitrogen and oxygen atoms in total. The Bertz CT molecular complexity index is 144. The molecule has 0 unspecified atom stereocenters. The smallest absolute Gasteiger partial charge is 0.412 e. The molecule has 0 aliphatic carbocycles. The van der Waals surface area contributed by atoms with E-state index in [4.69, 9.17) is 4.55 Å². The van der Waals surface area contributed by atoms with Crippen LogP contribution in [0.3, 0.4) is 0 Å². The minimum atomic E-state index is -4.29. The van der Waals surface area contributed by atoms with Gasteiger partial charge in [0.1, 0.15) is 6.26 Å². The molecule has 0 aromatic rings. The highest BCUT2D eigenvalue weighted by Gasteiger charge is 1.96. The van der Waals surface area contributed by atoms with Gasteiger partial charge in [0.15, 0.2) is 0 Å². The van der Waals surface area contributed by atoms with Gasteiger partial charge in [-0.2, -0.15) is 8.42 Å². The summed E-state index contributed by atoms with van der Waals surface area (Å²) in [4.78, 5) is 0. The topological polar surface area (TPSA) is 95.1 Å². The molecule has 0 aromatic heterocycles. The molecule has 8 heavy (non-hydrogen) atoms. The lowest BCUT2D eigenvalue weighted by molar-refractivity contribution is 0.357. The van der Waals surface area contributed by atoms with Gasteiger partial charge in [-0.25, -0.2) is 0 Å². The molecule has 0 radical (unpaired) electrons. The molecule has 0 rings (SSSR count). The van der Waals surface area contributed by atoms with E-state index in [1.165, 1.54) is 0 Å². The van der Waals surface area contributed by atoms with E-state index in [0.29, 0.717) is 6.26 Å². The van der Waals surface area contributed by atoms with E-state index in [0.717, 1.165) is 0 Å². The zero-order chi connectivity index (χ0) is 5.91. The molecule has 0 bridgehead atoms. The van der Waals surface area contributed by atoms with Crippen LogP contribution < -0.4 is 0 Å². The molecule has 0 aromatic carbocycles. The first-order chi connectivity index (χ1) is 3.06. The van der Waals surface area contributed by atoms with Gasteiger partial charge in [-0.1, -0.05) is 6.58 Å². The van der Waals surface area contributed by atoms with E-state index < -0.39 is 10.4 Å². The van der Waals surface area contributed by atoms with Crippen LogP contribution in [0.25, 0.3) is 0 Å². The molecular formula is C2H6O5S. The van der Waals surface area contributed by atoms with Gasteiger partial charge in [-0.15, -0.1) is 0 Å². The first kappa shape index (κ1) is 10.4. The van der Waals surface area contributed by atoms with Gasteiger partial charge >= 0.3 is 10.4 Å². The maximum absolute atomic E-state index is 9.49. The van der Waals surface area contributed by atoms with E-state index in [2.05, 4.69) is 10.8 Å². The summed E-state index contributed by atoms with van der Waals surface area (Å²) in [6.45, 7) is 2.88. The molecule has 0 amide bonds. The monoisotopic (exact) mass is 142 g/mol. The molecule has 3 N–H and O–H groups in total. The van der Waals surface area contributed by atoms with Gasteiger partial charge in [-0.3, -0.25) is 4.55 Å². The number of rotatable bonds is 2. The lowest BCUT2D eigenvalue weighted by Gasteiger charge is -1.86. The Kier molecular flexibility index (Phi) is 4.44. The first-order valence-corrected chi connectivity index (χ1v) is 2.69. The van der Waals surface area contributed by atoms with Gasteiger partial charge in [0, 0.05) is 0 Å². The van der Waals surface area contributed by atoms with Crippen molar-refractivity contribution in [1.29, 1.82) is 0 Å². The highest BCUT2D eigenvalue weighted by atomic mass is 32.3. The second kappa shape index (κ2) is 3.42. The highest BCUT2D eigenvalue weighted by Crippen LogP contribution is 1.82. The van der Waals surface area contributed by atoms with Crippen molar-refractivity contribution < 1.29 is 22.6 Å². The molecule has 0 saturated heterocycles. The maximum Gasteiger partial charge on any atom is 0.445 e. The molecule has 0 saturated carbocycles. The maximum atomic E-state index is 9.49. The molecule has 0 atom stereocenters. The summed E-state index contributed by atoms with van der Waals surface area (Å²) in [6.07, 6.45) is 0.620. The summed E-state index contributed by atoms with van der Waals surface area (Å²) < 4.78 is 30.2. The van der Waals surface area contributed by atoms with E-state index in [1.807, 2.05) is 0 Å². The zero-order valence-corrected chi connectivity index (χ0v) is 4.68. The minimum Gasteiger partial charge on any atom is -0.412 e. The quantitative estimate of drug-likeness (QED) is 0.400. The van der Waals surface area contributed by atoms with Crippen LogP contribution in [0.5, 0.6) is 0 Å². The van der Waals surface area contributed by atoms with Crippen LogP contribution in [0.4, 0.5) is 0 Å². The van der Waals surface area contributed by atoms with Crippen LogP contribution in [0.1, 0.15) is 0 Å². The number of hydrogen-bond acceptors (Lipinski definition) is 3. The van der Waals surface area contributed by atoms with Gasteiger partial charge in [0.05, 0.1) is 0 Å². The summed E-state index contributed by atoms with van der Waals surface area (Å²) in [5.41, 5.74) is 0. The van der Waals surface area contributed by atoms with Crippen LogP contribution >= 0.6 is 0 Å². The van der Waals surface area contributed by atoms with Crippen LogP contribution in [0, 0.1) is 0 Å². The summed E-state index contributed by atoms with van der Waals surface area (Å²) >= 11 is 0. The second-order valence-corrected chi connectivity index (χ2v) is 1.74. The fraction of sp³-hybridized carbons (Fsp3) is 0. The third-order valence-corrected chi connectivity index (χ3v) is 0.569. The molecule has 6 heteroatoms. The zero-order valence-electron chi connectivity index (χ0n) is 3.86.